The van der Waals surface area contributed by atoms with Crippen molar-refractivity contribution in [1.82, 2.24) is 29.4 Å². The van der Waals surface area contributed by atoms with Gasteiger partial charge in [-0.1, -0.05) is 44.0 Å². The van der Waals surface area contributed by atoms with Crippen LogP contribution in [0.3, 0.4) is 0 Å². The number of hydrogen-bond acceptors (Lipinski definition) is 6. The number of methoxy groups -OCH3 is 1. The van der Waals surface area contributed by atoms with Crippen molar-refractivity contribution in [3.63, 3.8) is 0 Å². The lowest BCUT2D eigenvalue weighted by atomic mass is 9.90. The fourth-order valence-electron chi connectivity index (χ4n) is 3.59. The number of amides is 2. The fourth-order valence-corrected chi connectivity index (χ4v) is 4.02. The highest BCUT2D eigenvalue weighted by atomic mass is 35.5. The molecule has 1 atom stereocenters. The van der Waals surface area contributed by atoms with Crippen molar-refractivity contribution >= 4 is 46.3 Å². The van der Waals surface area contributed by atoms with Crippen LogP contribution in [0.25, 0.3) is 11.5 Å². The third kappa shape index (κ3) is 5.95. The number of urea groups is 1. The largest absolute Gasteiger partial charge is 0.375 e. The number of hydrogen-bond donors (Lipinski definition) is 2. The van der Waals surface area contributed by atoms with Gasteiger partial charge in [-0.05, 0) is 37.3 Å². The Morgan fingerprint density at radius 3 is 2.61 bits per heavy atom. The van der Waals surface area contributed by atoms with Gasteiger partial charge in [0.2, 0.25) is 0 Å². The van der Waals surface area contributed by atoms with Crippen molar-refractivity contribution in [2.45, 2.75) is 46.6 Å². The molecule has 0 bridgehead atoms. The lowest BCUT2D eigenvalue weighted by Gasteiger charge is -2.17. The standard InChI is InChI=1S/C24H28Cl2N8O2/c1-14(36-5)21-18(13-27-20-11-19(26)32-34(20)21)30-23(35)29-16-10-17(25)22(28-12-16)33-9-7-15(31-33)6-8-24(2,3)4/h7,9-14H,6,8H2,1-5H3,(H2,29,30,35)/t14-/m0/s1. The van der Waals surface area contributed by atoms with Crippen molar-refractivity contribution in [3.05, 3.63) is 58.4 Å². The number of halogens is 2. The second kappa shape index (κ2) is 10.4. The van der Waals surface area contributed by atoms with Crippen LogP contribution in [-0.4, -0.2) is 42.5 Å². The van der Waals surface area contributed by atoms with Gasteiger partial charge in [-0.3, -0.25) is 0 Å². The smallest absolute Gasteiger partial charge is 0.323 e. The van der Waals surface area contributed by atoms with E-state index in [1.165, 1.54) is 12.4 Å². The predicted molar refractivity (Wildman–Crippen MR) is 140 cm³/mol. The Morgan fingerprint density at radius 2 is 1.92 bits per heavy atom. The number of fused-ring (bicyclic) bond motifs is 1. The SMILES string of the molecule is CO[C@@H](C)c1c(NC(=O)Nc2cnc(-n3ccc(CCC(C)(C)C)n3)c(Cl)c2)cnc2cc(Cl)nn12. The Balaban J connectivity index is 1.48. The highest BCUT2D eigenvalue weighted by Crippen LogP contribution is 2.27. The molecule has 4 aromatic heterocycles. The maximum atomic E-state index is 12.8. The van der Waals surface area contributed by atoms with Crippen LogP contribution in [0, 0.1) is 5.41 Å². The van der Waals surface area contributed by atoms with Gasteiger partial charge in [0.1, 0.15) is 0 Å². The van der Waals surface area contributed by atoms with Crippen LogP contribution < -0.4 is 10.6 Å². The number of nitrogens with zero attached hydrogens (tertiary/aromatic N) is 6. The summed E-state index contributed by atoms with van der Waals surface area (Å²) in [6.45, 7) is 8.43. The second-order valence-electron chi connectivity index (χ2n) is 9.59. The van der Waals surface area contributed by atoms with Crippen molar-refractivity contribution in [2.24, 2.45) is 5.41 Å². The van der Waals surface area contributed by atoms with Crippen LogP contribution in [0.1, 0.15) is 51.6 Å². The predicted octanol–water partition coefficient (Wildman–Crippen LogP) is 5.95. The maximum absolute atomic E-state index is 12.8. The molecule has 0 aliphatic carbocycles. The molecule has 0 fully saturated rings. The molecule has 0 aliphatic rings. The van der Waals surface area contributed by atoms with Gasteiger partial charge in [-0.15, -0.1) is 0 Å². The first-order valence-corrected chi connectivity index (χ1v) is 12.1. The van der Waals surface area contributed by atoms with E-state index in [4.69, 9.17) is 27.9 Å². The molecule has 0 aliphatic heterocycles. The summed E-state index contributed by atoms with van der Waals surface area (Å²) in [6, 6.07) is 4.69. The van der Waals surface area contributed by atoms with E-state index in [2.05, 4.69) is 51.6 Å². The van der Waals surface area contributed by atoms with Gasteiger partial charge in [0.25, 0.3) is 0 Å². The van der Waals surface area contributed by atoms with E-state index in [-0.39, 0.29) is 16.7 Å². The molecule has 0 radical (unpaired) electrons. The third-order valence-electron chi connectivity index (χ3n) is 5.55. The Morgan fingerprint density at radius 1 is 1.14 bits per heavy atom. The highest BCUT2D eigenvalue weighted by molar-refractivity contribution is 6.32. The zero-order valence-corrected chi connectivity index (χ0v) is 22.2. The quantitative estimate of drug-likeness (QED) is 0.305. The van der Waals surface area contributed by atoms with E-state index < -0.39 is 6.03 Å². The molecular formula is C24H28Cl2N8O2. The summed E-state index contributed by atoms with van der Waals surface area (Å²) in [4.78, 5) is 21.5. The molecular weight excluding hydrogens is 503 g/mol. The average Bonchev–Trinajstić information content (AvgIpc) is 3.42. The molecule has 0 unspecified atom stereocenters. The fraction of sp³-hybridized carbons (Fsp3) is 0.375. The average molecular weight is 531 g/mol. The molecule has 2 N–H and O–H groups in total. The van der Waals surface area contributed by atoms with Crippen LogP contribution in [0.5, 0.6) is 0 Å². The summed E-state index contributed by atoms with van der Waals surface area (Å²) >= 11 is 12.5. The summed E-state index contributed by atoms with van der Waals surface area (Å²) in [5.74, 6) is 0.478. The monoisotopic (exact) mass is 530 g/mol. The van der Waals surface area contributed by atoms with Crippen molar-refractivity contribution in [1.29, 1.82) is 0 Å². The Bertz CT molecular complexity index is 1390. The molecule has 4 rings (SSSR count). The molecule has 0 saturated heterocycles. The minimum absolute atomic E-state index is 0.225. The molecule has 0 spiro atoms. The van der Waals surface area contributed by atoms with Crippen LogP contribution in [0.4, 0.5) is 16.2 Å². The lowest BCUT2D eigenvalue weighted by Crippen LogP contribution is -2.22. The van der Waals surface area contributed by atoms with Crippen molar-refractivity contribution < 1.29 is 9.53 Å². The van der Waals surface area contributed by atoms with E-state index in [1.807, 2.05) is 19.2 Å². The highest BCUT2D eigenvalue weighted by Gasteiger charge is 2.19. The number of ether oxygens (including phenoxy) is 1. The number of carbonyl (C=O) groups is 1. The van der Waals surface area contributed by atoms with Gasteiger partial charge in [0.05, 0.1) is 46.3 Å². The van der Waals surface area contributed by atoms with Gasteiger partial charge < -0.3 is 15.4 Å². The summed E-state index contributed by atoms with van der Waals surface area (Å²) in [5, 5.41) is 15.0. The third-order valence-corrected chi connectivity index (χ3v) is 6.01. The molecule has 10 nitrogen and oxygen atoms in total. The number of carbonyl (C=O) groups excluding carboxylic acids is 1. The van der Waals surface area contributed by atoms with E-state index >= 15 is 0 Å². The van der Waals surface area contributed by atoms with Crippen molar-refractivity contribution in [2.75, 3.05) is 17.7 Å². The van der Waals surface area contributed by atoms with Crippen LogP contribution in [0.2, 0.25) is 10.2 Å². The number of aromatic nitrogens is 6. The minimum atomic E-state index is -0.506. The van der Waals surface area contributed by atoms with Crippen LogP contribution in [-0.2, 0) is 11.2 Å². The second-order valence-corrected chi connectivity index (χ2v) is 10.4. The zero-order chi connectivity index (χ0) is 26.0. The molecule has 4 heterocycles. The molecule has 0 saturated carbocycles. The zero-order valence-electron chi connectivity index (χ0n) is 20.7. The molecule has 36 heavy (non-hydrogen) atoms. The summed E-state index contributed by atoms with van der Waals surface area (Å²) in [7, 11) is 1.56. The number of pyridine rings is 1. The van der Waals surface area contributed by atoms with Gasteiger partial charge in [0, 0.05) is 19.4 Å². The molecule has 2 amide bonds. The number of anilines is 2. The molecule has 190 valence electrons. The van der Waals surface area contributed by atoms with E-state index in [9.17, 15) is 4.79 Å². The maximum Gasteiger partial charge on any atom is 0.323 e. The number of nitrogens with one attached hydrogen (secondary N) is 2. The van der Waals surface area contributed by atoms with Crippen LogP contribution in [0.15, 0.2) is 36.8 Å². The Labute approximate surface area is 219 Å². The van der Waals surface area contributed by atoms with Gasteiger partial charge >= 0.3 is 6.03 Å². The van der Waals surface area contributed by atoms with Gasteiger partial charge in [0.15, 0.2) is 16.6 Å². The molecule has 4 aromatic rings. The Hall–Kier alpha value is -3.21. The lowest BCUT2D eigenvalue weighted by molar-refractivity contribution is 0.114. The summed E-state index contributed by atoms with van der Waals surface area (Å²) in [5.41, 5.74) is 3.16. The first-order valence-electron chi connectivity index (χ1n) is 11.4. The molecule has 12 heteroatoms. The molecule has 0 aromatic carbocycles. The summed E-state index contributed by atoms with van der Waals surface area (Å²) < 4.78 is 8.64. The van der Waals surface area contributed by atoms with Gasteiger partial charge in [-0.25, -0.2) is 24.0 Å². The first-order chi connectivity index (χ1) is 17.0. The number of aryl methyl sites for hydroxylation is 1. The minimum Gasteiger partial charge on any atom is -0.375 e. The topological polar surface area (TPSA) is 111 Å². The number of rotatable bonds is 7. The summed E-state index contributed by atoms with van der Waals surface area (Å²) in [6.07, 6.45) is 6.37. The van der Waals surface area contributed by atoms with E-state index in [0.717, 1.165) is 18.5 Å². The normalized spacial score (nSPS) is 12.6. The van der Waals surface area contributed by atoms with Gasteiger partial charge in [-0.2, -0.15) is 10.2 Å². The van der Waals surface area contributed by atoms with E-state index in [0.29, 0.717) is 33.6 Å². The first kappa shape index (κ1) is 25.9. The Kier molecular flexibility index (Phi) is 7.49. The van der Waals surface area contributed by atoms with Crippen LogP contribution >= 0.6 is 23.2 Å². The van der Waals surface area contributed by atoms with Crippen molar-refractivity contribution in [3.8, 4) is 5.82 Å². The van der Waals surface area contributed by atoms with E-state index in [1.54, 1.807) is 28.4 Å².